The predicted octanol–water partition coefficient (Wildman–Crippen LogP) is 5.20. The average Bonchev–Trinajstić information content (AvgIpc) is 2.69. The zero-order valence-electron chi connectivity index (χ0n) is 18.4. The molecule has 0 rings (SSSR count). The minimum absolute atomic E-state index is 0.275. The number of unbranched alkanes of at least 4 members (excludes halogenated alkanes) is 9. The highest BCUT2D eigenvalue weighted by atomic mass is 31.2. The van der Waals surface area contributed by atoms with Gasteiger partial charge in [0.05, 0.1) is 6.61 Å². The molecule has 8 heteroatoms. The largest absolute Gasteiger partial charge is 0.469 e. The number of aliphatic hydroxyl groups excluding tert-OH is 1. The van der Waals surface area contributed by atoms with Crippen molar-refractivity contribution >= 4 is 13.8 Å². The van der Waals surface area contributed by atoms with E-state index in [9.17, 15) is 14.5 Å². The molecule has 0 aliphatic rings. The van der Waals surface area contributed by atoms with Gasteiger partial charge in [-0.25, -0.2) is 4.57 Å². The number of carbonyl (C=O) groups excluding carboxylic acids is 1. The molecule has 0 amide bonds. The second-order valence-electron chi connectivity index (χ2n) is 7.46. The number of carbonyl (C=O) groups is 1. The summed E-state index contributed by atoms with van der Waals surface area (Å²) in [5.41, 5.74) is 0. The Labute approximate surface area is 181 Å². The van der Waals surface area contributed by atoms with Crippen LogP contribution >= 0.6 is 7.82 Å². The molecule has 30 heavy (non-hydrogen) atoms. The van der Waals surface area contributed by atoms with E-state index >= 15 is 0 Å². The molecule has 0 fully saturated rings. The molecule has 0 saturated heterocycles. The van der Waals surface area contributed by atoms with Gasteiger partial charge in [-0.2, -0.15) is 0 Å². The fourth-order valence-corrected chi connectivity index (χ4v) is 3.12. The molecular weight excluding hydrogens is 407 g/mol. The minimum atomic E-state index is -4.62. The molecular formula is C22H41O7P. The molecule has 0 bridgehead atoms. The summed E-state index contributed by atoms with van der Waals surface area (Å²) < 4.78 is 19.5. The maximum Gasteiger partial charge on any atom is 0.469 e. The van der Waals surface area contributed by atoms with E-state index in [1.54, 1.807) is 0 Å². The lowest BCUT2D eigenvalue weighted by Gasteiger charge is -2.12. The third-order valence-electron chi connectivity index (χ3n) is 4.45. The van der Waals surface area contributed by atoms with Crippen molar-refractivity contribution in [1.82, 2.24) is 0 Å². The van der Waals surface area contributed by atoms with Gasteiger partial charge in [-0.05, 0) is 38.5 Å². The number of aliphatic hydroxyl groups is 1. The van der Waals surface area contributed by atoms with Crippen LogP contribution in [0.15, 0.2) is 24.3 Å². The summed E-state index contributed by atoms with van der Waals surface area (Å²) in [6.45, 7) is 1.31. The van der Waals surface area contributed by atoms with Gasteiger partial charge < -0.3 is 19.6 Å². The Morgan fingerprint density at radius 3 is 2.03 bits per heavy atom. The van der Waals surface area contributed by atoms with E-state index in [0.29, 0.717) is 0 Å². The zero-order chi connectivity index (χ0) is 22.5. The van der Waals surface area contributed by atoms with Crippen LogP contribution in [-0.4, -0.2) is 40.2 Å². The summed E-state index contributed by atoms with van der Waals surface area (Å²) >= 11 is 0. The first kappa shape index (κ1) is 29.0. The summed E-state index contributed by atoms with van der Waals surface area (Å²) in [6, 6.07) is 0. The SMILES string of the molecule is CCCCCC/C=C\C/C=C\CCCCCCCC(=O)OCC(O)COP(=O)(O)O. The molecule has 0 spiro atoms. The lowest BCUT2D eigenvalue weighted by atomic mass is 10.1. The second-order valence-corrected chi connectivity index (χ2v) is 8.70. The fourth-order valence-electron chi connectivity index (χ4n) is 2.75. The van der Waals surface area contributed by atoms with E-state index in [0.717, 1.165) is 44.9 Å². The molecule has 1 unspecified atom stereocenters. The quantitative estimate of drug-likeness (QED) is 0.101. The Morgan fingerprint density at radius 2 is 1.43 bits per heavy atom. The molecule has 0 aromatic heterocycles. The zero-order valence-corrected chi connectivity index (χ0v) is 19.3. The van der Waals surface area contributed by atoms with E-state index in [1.165, 1.54) is 32.1 Å². The van der Waals surface area contributed by atoms with Gasteiger partial charge in [0.15, 0.2) is 0 Å². The van der Waals surface area contributed by atoms with Crippen LogP contribution in [0.2, 0.25) is 0 Å². The van der Waals surface area contributed by atoms with Crippen molar-refractivity contribution in [3.05, 3.63) is 24.3 Å². The van der Waals surface area contributed by atoms with Gasteiger partial charge in [0, 0.05) is 6.42 Å². The number of hydrogen-bond donors (Lipinski definition) is 3. The summed E-state index contributed by atoms with van der Waals surface area (Å²) in [4.78, 5) is 28.6. The van der Waals surface area contributed by atoms with Crippen LogP contribution in [0.5, 0.6) is 0 Å². The Hall–Kier alpha value is -0.980. The summed E-state index contributed by atoms with van der Waals surface area (Å²) in [6.07, 6.45) is 21.5. The number of phosphoric ester groups is 1. The van der Waals surface area contributed by atoms with Crippen molar-refractivity contribution in [3.8, 4) is 0 Å². The summed E-state index contributed by atoms with van der Waals surface area (Å²) in [5, 5.41) is 9.42. The van der Waals surface area contributed by atoms with Gasteiger partial charge in [-0.15, -0.1) is 0 Å². The van der Waals surface area contributed by atoms with E-state index in [-0.39, 0.29) is 13.0 Å². The summed E-state index contributed by atoms with van der Waals surface area (Å²) in [5.74, 6) is -0.424. The third-order valence-corrected chi connectivity index (χ3v) is 4.94. The van der Waals surface area contributed by atoms with Crippen molar-refractivity contribution in [2.24, 2.45) is 0 Å². The molecule has 0 saturated carbocycles. The van der Waals surface area contributed by atoms with Crippen LogP contribution in [0.4, 0.5) is 0 Å². The van der Waals surface area contributed by atoms with Crippen molar-refractivity contribution in [2.75, 3.05) is 13.2 Å². The fraction of sp³-hybridized carbons (Fsp3) is 0.773. The van der Waals surface area contributed by atoms with Crippen molar-refractivity contribution in [1.29, 1.82) is 0 Å². The first-order valence-corrected chi connectivity index (χ1v) is 12.7. The Bertz CT molecular complexity index is 514. The van der Waals surface area contributed by atoms with E-state index in [2.05, 4.69) is 35.8 Å². The maximum absolute atomic E-state index is 11.6. The minimum Gasteiger partial charge on any atom is -0.463 e. The van der Waals surface area contributed by atoms with E-state index < -0.39 is 26.5 Å². The molecule has 0 aromatic carbocycles. The Kier molecular flexibility index (Phi) is 19.3. The molecule has 0 aliphatic heterocycles. The second kappa shape index (κ2) is 20.0. The van der Waals surface area contributed by atoms with Crippen molar-refractivity contribution < 1.29 is 33.5 Å². The molecule has 3 N–H and O–H groups in total. The van der Waals surface area contributed by atoms with Crippen LogP contribution in [0.3, 0.4) is 0 Å². The number of phosphoric acid groups is 1. The standard InChI is InChI=1S/C22H41O7P/c1-2-3-4-5-6-7-8-9-10-11-12-13-14-15-16-17-18-22(24)28-19-21(23)20-29-30(25,26)27/h7-8,10-11,21,23H,2-6,9,12-20H2,1H3,(H2,25,26,27)/b8-7-,11-10-. The van der Waals surface area contributed by atoms with Crippen LogP contribution in [0, 0.1) is 0 Å². The third kappa shape index (κ3) is 23.3. The molecule has 7 nitrogen and oxygen atoms in total. The Morgan fingerprint density at radius 1 is 0.867 bits per heavy atom. The number of ether oxygens (including phenoxy) is 1. The molecule has 0 aromatic rings. The topological polar surface area (TPSA) is 113 Å². The molecule has 0 heterocycles. The van der Waals surface area contributed by atoms with Crippen molar-refractivity contribution in [2.45, 2.75) is 96.5 Å². The normalized spacial score (nSPS) is 13.3. The number of allylic oxidation sites excluding steroid dienone is 4. The van der Waals surface area contributed by atoms with Crippen LogP contribution < -0.4 is 0 Å². The average molecular weight is 449 g/mol. The van der Waals surface area contributed by atoms with Crippen LogP contribution in [-0.2, 0) is 18.6 Å². The van der Waals surface area contributed by atoms with Crippen LogP contribution in [0.1, 0.15) is 90.4 Å². The van der Waals surface area contributed by atoms with Gasteiger partial charge in [0.25, 0.3) is 0 Å². The highest BCUT2D eigenvalue weighted by Gasteiger charge is 2.17. The molecule has 1 atom stereocenters. The maximum atomic E-state index is 11.6. The predicted molar refractivity (Wildman–Crippen MR) is 119 cm³/mol. The highest BCUT2D eigenvalue weighted by Crippen LogP contribution is 2.35. The van der Waals surface area contributed by atoms with Gasteiger partial charge in [0.1, 0.15) is 12.7 Å². The Balaban J connectivity index is 3.43. The summed E-state index contributed by atoms with van der Waals surface area (Å²) in [7, 11) is -4.62. The van der Waals surface area contributed by atoms with Gasteiger partial charge in [-0.3, -0.25) is 9.32 Å². The number of rotatable bonds is 20. The first-order valence-electron chi connectivity index (χ1n) is 11.2. The monoisotopic (exact) mass is 448 g/mol. The van der Waals surface area contributed by atoms with Crippen LogP contribution in [0.25, 0.3) is 0 Å². The lowest BCUT2D eigenvalue weighted by Crippen LogP contribution is -2.23. The molecule has 176 valence electrons. The number of hydrogen-bond acceptors (Lipinski definition) is 5. The smallest absolute Gasteiger partial charge is 0.463 e. The van der Waals surface area contributed by atoms with Gasteiger partial charge >= 0.3 is 13.8 Å². The van der Waals surface area contributed by atoms with Gasteiger partial charge in [-0.1, -0.05) is 69.8 Å². The lowest BCUT2D eigenvalue weighted by molar-refractivity contribution is -0.147. The van der Waals surface area contributed by atoms with E-state index in [1.807, 2.05) is 0 Å². The van der Waals surface area contributed by atoms with Crippen molar-refractivity contribution in [3.63, 3.8) is 0 Å². The molecule has 0 radical (unpaired) electrons. The first-order chi connectivity index (χ1) is 14.3. The highest BCUT2D eigenvalue weighted by molar-refractivity contribution is 7.46. The van der Waals surface area contributed by atoms with E-state index in [4.69, 9.17) is 14.5 Å². The van der Waals surface area contributed by atoms with Gasteiger partial charge in [0.2, 0.25) is 0 Å². The molecule has 0 aliphatic carbocycles. The number of esters is 1.